The third-order valence-electron chi connectivity index (χ3n) is 3.34. The minimum atomic E-state index is -0.164. The van der Waals surface area contributed by atoms with Gasteiger partial charge in [0.15, 0.2) is 11.5 Å². The Labute approximate surface area is 144 Å². The van der Waals surface area contributed by atoms with Crippen molar-refractivity contribution in [2.75, 3.05) is 34.0 Å². The van der Waals surface area contributed by atoms with E-state index in [1.165, 1.54) is 11.3 Å². The predicted octanol–water partition coefficient (Wildman–Crippen LogP) is 1.74. The average molecular weight is 349 g/mol. The maximum atomic E-state index is 12.0. The van der Waals surface area contributed by atoms with Crippen LogP contribution in [0.4, 0.5) is 0 Å². The van der Waals surface area contributed by atoms with E-state index in [1.54, 1.807) is 11.4 Å². The van der Waals surface area contributed by atoms with Crippen LogP contribution in [0.2, 0.25) is 0 Å². The molecule has 0 radical (unpaired) electrons. The van der Waals surface area contributed by atoms with Crippen molar-refractivity contribution in [3.63, 3.8) is 0 Å². The molecule has 7 nitrogen and oxygen atoms in total. The van der Waals surface area contributed by atoms with Crippen LogP contribution in [0.5, 0.6) is 17.2 Å². The number of aromatic nitrogens is 1. The molecule has 3 rings (SSSR count). The fourth-order valence-electron chi connectivity index (χ4n) is 2.08. The Morgan fingerprint density at radius 2 is 2.21 bits per heavy atom. The molecule has 2 aromatic rings. The van der Waals surface area contributed by atoms with Crippen LogP contribution in [-0.2, 0) is 6.61 Å². The van der Waals surface area contributed by atoms with Crippen molar-refractivity contribution >= 4 is 17.2 Å². The van der Waals surface area contributed by atoms with Gasteiger partial charge >= 0.3 is 0 Å². The molecular formula is C16H19N3O4S. The van der Waals surface area contributed by atoms with Gasteiger partial charge in [0.1, 0.15) is 23.1 Å². The first kappa shape index (κ1) is 16.5. The van der Waals surface area contributed by atoms with E-state index in [0.29, 0.717) is 36.1 Å². The summed E-state index contributed by atoms with van der Waals surface area (Å²) < 4.78 is 16.3. The average Bonchev–Trinajstić information content (AvgIpc) is 3.21. The quantitative estimate of drug-likeness (QED) is 0.821. The van der Waals surface area contributed by atoms with Crippen LogP contribution in [0.1, 0.15) is 15.5 Å². The summed E-state index contributed by atoms with van der Waals surface area (Å²) in [5.41, 5.74) is 0.419. The molecule has 0 saturated heterocycles. The second-order valence-corrected chi connectivity index (χ2v) is 6.43. The van der Waals surface area contributed by atoms with Gasteiger partial charge in [0.2, 0.25) is 6.79 Å². The van der Waals surface area contributed by atoms with Crippen molar-refractivity contribution in [3.05, 3.63) is 34.3 Å². The second kappa shape index (κ2) is 7.50. The van der Waals surface area contributed by atoms with Crippen LogP contribution in [-0.4, -0.2) is 49.8 Å². The van der Waals surface area contributed by atoms with Crippen LogP contribution >= 0.6 is 11.3 Å². The lowest BCUT2D eigenvalue weighted by atomic mass is 10.3. The van der Waals surface area contributed by atoms with Gasteiger partial charge in [0, 0.05) is 24.5 Å². The van der Waals surface area contributed by atoms with Crippen molar-refractivity contribution in [3.8, 4) is 17.2 Å². The van der Waals surface area contributed by atoms with E-state index in [-0.39, 0.29) is 12.7 Å². The van der Waals surface area contributed by atoms with E-state index < -0.39 is 0 Å². The van der Waals surface area contributed by atoms with Gasteiger partial charge in [0.05, 0.1) is 0 Å². The first-order valence-electron chi connectivity index (χ1n) is 7.51. The summed E-state index contributed by atoms with van der Waals surface area (Å²) >= 11 is 1.40. The maximum Gasteiger partial charge on any atom is 0.270 e. The summed E-state index contributed by atoms with van der Waals surface area (Å²) in [6.07, 6.45) is 0. The molecule has 0 fully saturated rings. The fourth-order valence-corrected chi connectivity index (χ4v) is 2.76. The Kier molecular flexibility index (Phi) is 5.17. The molecule has 1 aliphatic heterocycles. The molecule has 1 aromatic carbocycles. The molecule has 1 amide bonds. The standard InChI is InChI=1S/C16H19N3O4S/c1-19(2)6-5-17-16(20)12-9-24-15(18-12)8-21-11-3-4-13-14(7-11)23-10-22-13/h3-4,7,9H,5-6,8,10H2,1-2H3,(H,17,20). The van der Waals surface area contributed by atoms with Gasteiger partial charge in [-0.1, -0.05) is 0 Å². The predicted molar refractivity (Wildman–Crippen MR) is 89.9 cm³/mol. The minimum absolute atomic E-state index is 0.164. The number of ether oxygens (including phenoxy) is 3. The number of amides is 1. The Morgan fingerprint density at radius 1 is 1.38 bits per heavy atom. The summed E-state index contributed by atoms with van der Waals surface area (Å²) in [5.74, 6) is 1.90. The molecule has 1 N–H and O–H groups in total. The van der Waals surface area contributed by atoms with E-state index in [0.717, 1.165) is 11.6 Å². The largest absolute Gasteiger partial charge is 0.486 e. The third kappa shape index (κ3) is 4.15. The van der Waals surface area contributed by atoms with Gasteiger partial charge in [0.25, 0.3) is 5.91 Å². The molecule has 0 saturated carbocycles. The number of thiazole rings is 1. The smallest absolute Gasteiger partial charge is 0.270 e. The molecule has 0 spiro atoms. The molecule has 1 aliphatic rings. The Balaban J connectivity index is 1.51. The van der Waals surface area contributed by atoms with Crippen molar-refractivity contribution in [1.82, 2.24) is 15.2 Å². The Morgan fingerprint density at radius 3 is 3.04 bits per heavy atom. The highest BCUT2D eigenvalue weighted by atomic mass is 32.1. The SMILES string of the molecule is CN(C)CCNC(=O)c1csc(COc2ccc3c(c2)OCO3)n1. The van der Waals surface area contributed by atoms with Gasteiger partial charge in [-0.3, -0.25) is 4.79 Å². The van der Waals surface area contributed by atoms with E-state index in [1.807, 2.05) is 31.1 Å². The zero-order valence-electron chi connectivity index (χ0n) is 13.6. The van der Waals surface area contributed by atoms with Gasteiger partial charge < -0.3 is 24.4 Å². The van der Waals surface area contributed by atoms with Crippen molar-refractivity contribution in [2.24, 2.45) is 0 Å². The molecule has 128 valence electrons. The monoisotopic (exact) mass is 349 g/mol. The highest BCUT2D eigenvalue weighted by Crippen LogP contribution is 2.35. The zero-order chi connectivity index (χ0) is 16.9. The maximum absolute atomic E-state index is 12.0. The molecule has 8 heteroatoms. The van der Waals surface area contributed by atoms with Gasteiger partial charge in [-0.05, 0) is 26.2 Å². The highest BCUT2D eigenvalue weighted by Gasteiger charge is 2.14. The summed E-state index contributed by atoms with van der Waals surface area (Å²) in [7, 11) is 3.92. The van der Waals surface area contributed by atoms with E-state index >= 15 is 0 Å². The Hall–Kier alpha value is -2.32. The van der Waals surface area contributed by atoms with Crippen LogP contribution in [0.25, 0.3) is 0 Å². The summed E-state index contributed by atoms with van der Waals surface area (Å²) in [5, 5.41) is 5.32. The van der Waals surface area contributed by atoms with E-state index in [9.17, 15) is 4.79 Å². The number of hydrogen-bond acceptors (Lipinski definition) is 7. The van der Waals surface area contributed by atoms with Crippen molar-refractivity contribution in [2.45, 2.75) is 6.61 Å². The van der Waals surface area contributed by atoms with Crippen LogP contribution in [0, 0.1) is 0 Å². The lowest BCUT2D eigenvalue weighted by Gasteiger charge is -2.09. The second-order valence-electron chi connectivity index (χ2n) is 5.49. The molecule has 0 atom stereocenters. The number of rotatable bonds is 7. The van der Waals surface area contributed by atoms with Gasteiger partial charge in [-0.15, -0.1) is 11.3 Å². The number of fused-ring (bicyclic) bond motifs is 1. The topological polar surface area (TPSA) is 72.9 Å². The number of nitrogens with zero attached hydrogens (tertiary/aromatic N) is 2. The van der Waals surface area contributed by atoms with E-state index in [2.05, 4.69) is 10.3 Å². The number of hydrogen-bond donors (Lipinski definition) is 1. The van der Waals surface area contributed by atoms with E-state index in [4.69, 9.17) is 14.2 Å². The first-order chi connectivity index (χ1) is 11.6. The minimum Gasteiger partial charge on any atom is -0.486 e. The summed E-state index contributed by atoms with van der Waals surface area (Å²) in [6, 6.07) is 5.41. The number of benzene rings is 1. The molecule has 0 aliphatic carbocycles. The van der Waals surface area contributed by atoms with Gasteiger partial charge in [-0.25, -0.2) is 4.98 Å². The molecule has 0 bridgehead atoms. The first-order valence-corrected chi connectivity index (χ1v) is 8.39. The lowest BCUT2D eigenvalue weighted by Crippen LogP contribution is -2.31. The zero-order valence-corrected chi connectivity index (χ0v) is 14.4. The normalized spacial score (nSPS) is 12.5. The molecule has 0 unspecified atom stereocenters. The molecule has 2 heterocycles. The number of carbonyl (C=O) groups is 1. The molecular weight excluding hydrogens is 330 g/mol. The van der Waals surface area contributed by atoms with Crippen LogP contribution < -0.4 is 19.5 Å². The van der Waals surface area contributed by atoms with Crippen molar-refractivity contribution < 1.29 is 19.0 Å². The van der Waals surface area contributed by atoms with Crippen LogP contribution in [0.15, 0.2) is 23.6 Å². The molecule has 24 heavy (non-hydrogen) atoms. The lowest BCUT2D eigenvalue weighted by molar-refractivity contribution is 0.0946. The number of carbonyl (C=O) groups excluding carboxylic acids is 1. The highest BCUT2D eigenvalue weighted by molar-refractivity contribution is 7.09. The van der Waals surface area contributed by atoms with Crippen LogP contribution in [0.3, 0.4) is 0 Å². The van der Waals surface area contributed by atoms with Gasteiger partial charge in [-0.2, -0.15) is 0 Å². The summed E-state index contributed by atoms with van der Waals surface area (Å²) in [6.45, 7) is 1.91. The number of nitrogens with one attached hydrogen (secondary N) is 1. The number of likely N-dealkylation sites (N-methyl/N-ethyl adjacent to an activating group) is 1. The summed E-state index contributed by atoms with van der Waals surface area (Å²) in [4.78, 5) is 18.3. The Bertz CT molecular complexity index is 717. The van der Waals surface area contributed by atoms with Crippen molar-refractivity contribution in [1.29, 1.82) is 0 Å². The molecule has 1 aromatic heterocycles. The third-order valence-corrected chi connectivity index (χ3v) is 4.16. The fraction of sp³-hybridized carbons (Fsp3) is 0.375.